The number of rotatable bonds is 8. The lowest BCUT2D eigenvalue weighted by Gasteiger charge is -2.12. The van der Waals surface area contributed by atoms with Crippen molar-refractivity contribution in [3.05, 3.63) is 0 Å². The van der Waals surface area contributed by atoms with Crippen molar-refractivity contribution < 1.29 is 19.1 Å². The molecule has 0 aromatic carbocycles. The second kappa shape index (κ2) is 9.34. The van der Waals surface area contributed by atoms with E-state index in [0.29, 0.717) is 37.9 Å². The Kier molecular flexibility index (Phi) is 8.15. The Hall–Kier alpha value is -0.710. The van der Waals surface area contributed by atoms with E-state index in [2.05, 4.69) is 27.7 Å². The number of ether oxygens (including phenoxy) is 2. The average molecular weight is 316 g/mol. The molecule has 0 aliphatic carbocycles. The van der Waals surface area contributed by atoms with Gasteiger partial charge in [0.15, 0.2) is 0 Å². The Morgan fingerprint density at radius 2 is 1.29 bits per heavy atom. The van der Waals surface area contributed by atoms with E-state index in [9.17, 15) is 9.59 Å². The number of hydrogen-bond acceptors (Lipinski definition) is 5. The van der Waals surface area contributed by atoms with Gasteiger partial charge in [-0.1, -0.05) is 27.7 Å². The third kappa shape index (κ3) is 7.21. The van der Waals surface area contributed by atoms with Crippen LogP contribution in [0.1, 0.15) is 53.4 Å². The molecule has 1 aliphatic rings. The number of carbonyl (C=O) groups is 2. The quantitative estimate of drug-likeness (QED) is 0.642. The van der Waals surface area contributed by atoms with Crippen LogP contribution in [0.2, 0.25) is 0 Å². The van der Waals surface area contributed by atoms with Gasteiger partial charge in [0.1, 0.15) is 10.5 Å². The second-order valence-corrected chi connectivity index (χ2v) is 7.80. The Labute approximate surface area is 132 Å². The zero-order chi connectivity index (χ0) is 15.8. The first-order chi connectivity index (χ1) is 9.90. The van der Waals surface area contributed by atoms with E-state index in [1.165, 1.54) is 11.8 Å². The monoisotopic (exact) mass is 316 g/mol. The lowest BCUT2D eigenvalue weighted by molar-refractivity contribution is -0.144. The molecule has 1 saturated heterocycles. The highest BCUT2D eigenvalue weighted by Gasteiger charge is 2.36. The molecule has 5 heteroatoms. The summed E-state index contributed by atoms with van der Waals surface area (Å²) >= 11 is 1.40. The van der Waals surface area contributed by atoms with Gasteiger partial charge in [0.2, 0.25) is 0 Å². The van der Waals surface area contributed by atoms with Gasteiger partial charge in [0, 0.05) is 0 Å². The van der Waals surface area contributed by atoms with Crippen LogP contribution in [0.5, 0.6) is 0 Å². The summed E-state index contributed by atoms with van der Waals surface area (Å²) in [4.78, 5) is 23.8. The largest absolute Gasteiger partial charge is 0.465 e. The minimum Gasteiger partial charge on any atom is -0.465 e. The molecule has 1 heterocycles. The van der Waals surface area contributed by atoms with E-state index in [0.717, 1.165) is 12.8 Å². The third-order valence-corrected chi connectivity index (χ3v) is 4.94. The van der Waals surface area contributed by atoms with Crippen molar-refractivity contribution in [1.29, 1.82) is 0 Å². The Morgan fingerprint density at radius 3 is 1.62 bits per heavy atom. The first kappa shape index (κ1) is 18.3. The van der Waals surface area contributed by atoms with Crippen molar-refractivity contribution in [2.45, 2.75) is 63.9 Å². The van der Waals surface area contributed by atoms with Crippen LogP contribution in [-0.4, -0.2) is 35.7 Å². The summed E-state index contributed by atoms with van der Waals surface area (Å²) in [5.74, 6) is 0.687. The highest BCUT2D eigenvalue weighted by atomic mass is 32.2. The highest BCUT2D eigenvalue weighted by molar-refractivity contribution is 8.02. The molecular formula is C16H28O4S. The topological polar surface area (TPSA) is 52.6 Å². The SMILES string of the molecule is CC(C)CCOC(=O)C1CCC(C(=O)OCCC(C)C)S1. The number of thioether (sulfide) groups is 1. The minimum atomic E-state index is -0.209. The summed E-state index contributed by atoms with van der Waals surface area (Å²) in [5, 5.41) is -0.417. The van der Waals surface area contributed by atoms with Crippen LogP contribution in [0, 0.1) is 11.8 Å². The summed E-state index contributed by atoms with van der Waals surface area (Å²) < 4.78 is 10.5. The van der Waals surface area contributed by atoms with E-state index in [1.807, 2.05) is 0 Å². The normalized spacial score (nSPS) is 21.8. The van der Waals surface area contributed by atoms with Gasteiger partial charge < -0.3 is 9.47 Å². The first-order valence-corrected chi connectivity index (χ1v) is 8.83. The van der Waals surface area contributed by atoms with E-state index >= 15 is 0 Å². The Balaban J connectivity index is 2.24. The molecule has 0 radical (unpaired) electrons. The van der Waals surface area contributed by atoms with Crippen molar-refractivity contribution in [3.63, 3.8) is 0 Å². The van der Waals surface area contributed by atoms with Crippen molar-refractivity contribution in [1.82, 2.24) is 0 Å². The molecule has 122 valence electrons. The summed E-state index contributed by atoms with van der Waals surface area (Å²) in [7, 11) is 0. The average Bonchev–Trinajstić information content (AvgIpc) is 2.87. The molecule has 1 aliphatic heterocycles. The number of esters is 2. The van der Waals surface area contributed by atoms with Gasteiger partial charge in [-0.25, -0.2) is 0 Å². The van der Waals surface area contributed by atoms with Gasteiger partial charge in [0.05, 0.1) is 13.2 Å². The van der Waals surface area contributed by atoms with Crippen LogP contribution in [-0.2, 0) is 19.1 Å². The molecule has 0 amide bonds. The molecule has 0 saturated carbocycles. The molecule has 0 N–H and O–H groups in total. The molecule has 21 heavy (non-hydrogen) atoms. The van der Waals surface area contributed by atoms with Crippen LogP contribution in [0.25, 0.3) is 0 Å². The number of carbonyl (C=O) groups excluding carboxylic acids is 2. The maximum Gasteiger partial charge on any atom is 0.319 e. The molecule has 4 nitrogen and oxygen atoms in total. The Morgan fingerprint density at radius 1 is 0.905 bits per heavy atom. The lowest BCUT2D eigenvalue weighted by Crippen LogP contribution is -2.21. The van der Waals surface area contributed by atoms with E-state index < -0.39 is 0 Å². The fourth-order valence-corrected chi connectivity index (χ4v) is 3.26. The van der Waals surface area contributed by atoms with Gasteiger partial charge in [-0.3, -0.25) is 9.59 Å². The molecule has 1 fully saturated rings. The Bertz CT molecular complexity index is 309. The molecular weight excluding hydrogens is 288 g/mol. The fraction of sp³-hybridized carbons (Fsp3) is 0.875. The third-order valence-electron chi connectivity index (χ3n) is 3.42. The maximum atomic E-state index is 11.9. The van der Waals surface area contributed by atoms with Crippen molar-refractivity contribution in [2.75, 3.05) is 13.2 Å². The smallest absolute Gasteiger partial charge is 0.319 e. The maximum absolute atomic E-state index is 11.9. The van der Waals surface area contributed by atoms with Crippen LogP contribution < -0.4 is 0 Å². The second-order valence-electron chi connectivity index (χ2n) is 6.39. The zero-order valence-electron chi connectivity index (χ0n) is 13.6. The minimum absolute atomic E-state index is 0.182. The lowest BCUT2D eigenvalue weighted by atomic mass is 10.1. The predicted molar refractivity (Wildman–Crippen MR) is 85.2 cm³/mol. The predicted octanol–water partition coefficient (Wildman–Crippen LogP) is 3.43. The summed E-state index contributed by atoms with van der Waals surface area (Å²) in [6, 6.07) is 0. The van der Waals surface area contributed by atoms with Crippen LogP contribution >= 0.6 is 11.8 Å². The standard InChI is InChI=1S/C16H28O4S/c1-11(2)7-9-19-15(17)13-5-6-14(21-13)16(18)20-10-8-12(3)4/h11-14H,5-10H2,1-4H3. The van der Waals surface area contributed by atoms with E-state index in [4.69, 9.17) is 9.47 Å². The van der Waals surface area contributed by atoms with Crippen molar-refractivity contribution in [2.24, 2.45) is 11.8 Å². The molecule has 1 rings (SSSR count). The van der Waals surface area contributed by atoms with Crippen molar-refractivity contribution in [3.8, 4) is 0 Å². The van der Waals surface area contributed by atoms with Crippen LogP contribution in [0.3, 0.4) is 0 Å². The van der Waals surface area contributed by atoms with Gasteiger partial charge in [-0.2, -0.15) is 0 Å². The highest BCUT2D eigenvalue weighted by Crippen LogP contribution is 2.35. The molecule has 0 aromatic rings. The van der Waals surface area contributed by atoms with E-state index in [1.54, 1.807) is 0 Å². The summed E-state index contributed by atoms with van der Waals surface area (Å²) in [6.07, 6.45) is 3.16. The number of hydrogen-bond donors (Lipinski definition) is 0. The molecule has 0 bridgehead atoms. The molecule has 0 spiro atoms. The fourth-order valence-electron chi connectivity index (χ4n) is 1.96. The summed E-state index contributed by atoms with van der Waals surface area (Å²) in [5.41, 5.74) is 0. The van der Waals surface area contributed by atoms with E-state index in [-0.39, 0.29) is 22.4 Å². The van der Waals surface area contributed by atoms with Crippen molar-refractivity contribution >= 4 is 23.7 Å². The van der Waals surface area contributed by atoms with Gasteiger partial charge in [-0.15, -0.1) is 11.8 Å². The molecule has 0 aromatic heterocycles. The molecule has 2 unspecified atom stereocenters. The zero-order valence-corrected chi connectivity index (χ0v) is 14.4. The van der Waals surface area contributed by atoms with Gasteiger partial charge in [0.25, 0.3) is 0 Å². The summed E-state index contributed by atoms with van der Waals surface area (Å²) in [6.45, 7) is 9.33. The van der Waals surface area contributed by atoms with Gasteiger partial charge >= 0.3 is 11.9 Å². The molecule has 2 atom stereocenters. The van der Waals surface area contributed by atoms with Crippen LogP contribution in [0.15, 0.2) is 0 Å². The van der Waals surface area contributed by atoms with Crippen LogP contribution in [0.4, 0.5) is 0 Å². The first-order valence-electron chi connectivity index (χ1n) is 7.88. The van der Waals surface area contributed by atoms with Gasteiger partial charge in [-0.05, 0) is 37.5 Å².